The molecule has 1 aromatic rings. The highest BCUT2D eigenvalue weighted by atomic mass is 32.2. The molecule has 1 aromatic carbocycles. The quantitative estimate of drug-likeness (QED) is 0.865. The van der Waals surface area contributed by atoms with E-state index in [-0.39, 0.29) is 17.0 Å². The summed E-state index contributed by atoms with van der Waals surface area (Å²) in [6.45, 7) is 4.15. The second-order valence-electron chi connectivity index (χ2n) is 5.21. The lowest BCUT2D eigenvalue weighted by Crippen LogP contribution is -2.40. The van der Waals surface area contributed by atoms with Crippen LogP contribution in [0.4, 0.5) is 0 Å². The van der Waals surface area contributed by atoms with E-state index >= 15 is 0 Å². The predicted molar refractivity (Wildman–Crippen MR) is 75.8 cm³/mol. The zero-order valence-corrected chi connectivity index (χ0v) is 12.6. The Morgan fingerprint density at radius 1 is 1.30 bits per heavy atom. The minimum atomic E-state index is -3.55. The van der Waals surface area contributed by atoms with Crippen LogP contribution in [0.5, 0.6) is 0 Å². The molecule has 0 aromatic heterocycles. The SMILES string of the molecule is CC(O)c1ccc(S(=O)(=O)NC(C)C2CCCO2)cc1. The Morgan fingerprint density at radius 2 is 1.95 bits per heavy atom. The van der Waals surface area contributed by atoms with Crippen molar-refractivity contribution in [2.24, 2.45) is 0 Å². The van der Waals surface area contributed by atoms with Crippen LogP contribution in [0.1, 0.15) is 38.4 Å². The van der Waals surface area contributed by atoms with Crippen molar-refractivity contribution in [2.45, 2.75) is 49.8 Å². The number of hydrogen-bond donors (Lipinski definition) is 2. The van der Waals surface area contributed by atoms with Crippen molar-refractivity contribution in [3.8, 4) is 0 Å². The van der Waals surface area contributed by atoms with E-state index in [2.05, 4.69) is 4.72 Å². The Bertz CT molecular complexity index is 533. The predicted octanol–water partition coefficient (Wildman–Crippen LogP) is 1.59. The number of nitrogens with one attached hydrogen (secondary N) is 1. The van der Waals surface area contributed by atoms with Gasteiger partial charge < -0.3 is 9.84 Å². The molecule has 1 heterocycles. The summed E-state index contributed by atoms with van der Waals surface area (Å²) in [5.74, 6) is 0. The summed E-state index contributed by atoms with van der Waals surface area (Å²) in [6.07, 6.45) is 1.19. The van der Waals surface area contributed by atoms with Gasteiger partial charge in [-0.1, -0.05) is 12.1 Å². The molecule has 20 heavy (non-hydrogen) atoms. The summed E-state index contributed by atoms with van der Waals surface area (Å²) >= 11 is 0. The van der Waals surface area contributed by atoms with Gasteiger partial charge in [-0.15, -0.1) is 0 Å². The maximum Gasteiger partial charge on any atom is 0.240 e. The van der Waals surface area contributed by atoms with E-state index in [0.29, 0.717) is 12.2 Å². The highest BCUT2D eigenvalue weighted by molar-refractivity contribution is 7.89. The van der Waals surface area contributed by atoms with Crippen LogP contribution in [0.25, 0.3) is 0 Å². The summed E-state index contributed by atoms with van der Waals surface area (Å²) < 4.78 is 32.6. The topological polar surface area (TPSA) is 75.6 Å². The summed E-state index contributed by atoms with van der Waals surface area (Å²) in [6, 6.07) is 6.00. The van der Waals surface area contributed by atoms with Gasteiger partial charge in [0.15, 0.2) is 0 Å². The Kier molecular flexibility index (Phi) is 4.80. The summed E-state index contributed by atoms with van der Waals surface area (Å²) in [4.78, 5) is 0.201. The number of ether oxygens (including phenoxy) is 1. The Hall–Kier alpha value is -0.950. The van der Waals surface area contributed by atoms with Crippen molar-refractivity contribution < 1.29 is 18.3 Å². The average Bonchev–Trinajstić information content (AvgIpc) is 2.92. The maximum absolute atomic E-state index is 12.3. The Morgan fingerprint density at radius 3 is 2.45 bits per heavy atom. The van der Waals surface area contributed by atoms with Gasteiger partial charge in [-0.3, -0.25) is 0 Å². The number of sulfonamides is 1. The number of aliphatic hydroxyl groups excluding tert-OH is 1. The molecule has 2 N–H and O–H groups in total. The van der Waals surface area contributed by atoms with Gasteiger partial charge in [0.1, 0.15) is 0 Å². The van der Waals surface area contributed by atoms with Crippen LogP contribution < -0.4 is 4.72 Å². The second kappa shape index (κ2) is 6.22. The smallest absolute Gasteiger partial charge is 0.240 e. The molecule has 0 spiro atoms. The maximum atomic E-state index is 12.3. The van der Waals surface area contributed by atoms with Crippen molar-refractivity contribution in [1.82, 2.24) is 4.72 Å². The van der Waals surface area contributed by atoms with Crippen LogP contribution in [0.3, 0.4) is 0 Å². The third-order valence-electron chi connectivity index (χ3n) is 3.54. The fourth-order valence-corrected chi connectivity index (χ4v) is 3.58. The molecule has 0 aliphatic carbocycles. The van der Waals surface area contributed by atoms with Gasteiger partial charge in [-0.2, -0.15) is 0 Å². The third kappa shape index (κ3) is 3.58. The Labute approximate surface area is 120 Å². The molecule has 5 nitrogen and oxygen atoms in total. The normalized spacial score (nSPS) is 22.6. The second-order valence-corrected chi connectivity index (χ2v) is 6.92. The fraction of sp³-hybridized carbons (Fsp3) is 0.571. The third-order valence-corrected chi connectivity index (χ3v) is 5.11. The molecule has 3 atom stereocenters. The minimum absolute atomic E-state index is 0.0542. The van der Waals surface area contributed by atoms with Crippen LogP contribution in [0.2, 0.25) is 0 Å². The van der Waals surface area contributed by atoms with E-state index in [1.165, 1.54) is 12.1 Å². The first-order valence-corrected chi connectivity index (χ1v) is 8.30. The highest BCUT2D eigenvalue weighted by Gasteiger charge is 2.26. The molecule has 1 saturated heterocycles. The van der Waals surface area contributed by atoms with Gasteiger partial charge in [0.05, 0.1) is 17.1 Å². The standard InChI is InChI=1S/C14H21NO4S/c1-10(14-4-3-9-19-14)15-20(17,18)13-7-5-12(6-8-13)11(2)16/h5-8,10-11,14-16H,3-4,9H2,1-2H3. The van der Waals surface area contributed by atoms with Gasteiger partial charge in [0, 0.05) is 12.6 Å². The van der Waals surface area contributed by atoms with Crippen LogP contribution >= 0.6 is 0 Å². The van der Waals surface area contributed by atoms with Crippen molar-refractivity contribution >= 4 is 10.0 Å². The van der Waals surface area contributed by atoms with E-state index in [4.69, 9.17) is 4.74 Å². The Balaban J connectivity index is 2.09. The molecule has 0 saturated carbocycles. The van der Waals surface area contributed by atoms with Crippen molar-refractivity contribution in [3.05, 3.63) is 29.8 Å². The fourth-order valence-electron chi connectivity index (χ4n) is 2.31. The van der Waals surface area contributed by atoms with Crippen molar-refractivity contribution in [2.75, 3.05) is 6.61 Å². The van der Waals surface area contributed by atoms with Gasteiger partial charge >= 0.3 is 0 Å². The van der Waals surface area contributed by atoms with E-state index in [1.807, 2.05) is 6.92 Å². The largest absolute Gasteiger partial charge is 0.389 e. The molecule has 0 bridgehead atoms. The van der Waals surface area contributed by atoms with Gasteiger partial charge in [0.2, 0.25) is 10.0 Å². The summed E-state index contributed by atoms with van der Waals surface area (Å²) in [5, 5.41) is 9.42. The molecule has 1 aliphatic heterocycles. The van der Waals surface area contributed by atoms with E-state index in [0.717, 1.165) is 12.8 Å². The first kappa shape index (κ1) is 15.4. The molecule has 1 aliphatic rings. The van der Waals surface area contributed by atoms with Crippen LogP contribution in [-0.4, -0.2) is 32.3 Å². The summed E-state index contributed by atoms with van der Waals surface area (Å²) in [7, 11) is -3.55. The number of rotatable bonds is 5. The van der Waals surface area contributed by atoms with Crippen LogP contribution in [0.15, 0.2) is 29.2 Å². The van der Waals surface area contributed by atoms with Gasteiger partial charge in [-0.25, -0.2) is 13.1 Å². The lowest BCUT2D eigenvalue weighted by molar-refractivity contribution is 0.0902. The summed E-state index contributed by atoms with van der Waals surface area (Å²) in [5.41, 5.74) is 0.691. The lowest BCUT2D eigenvalue weighted by atomic mass is 10.1. The molecule has 0 amide bonds. The first-order chi connectivity index (χ1) is 9.40. The minimum Gasteiger partial charge on any atom is -0.389 e. The molecular weight excluding hydrogens is 278 g/mol. The first-order valence-electron chi connectivity index (χ1n) is 6.82. The molecule has 1 fully saturated rings. The van der Waals surface area contributed by atoms with E-state index < -0.39 is 16.1 Å². The van der Waals surface area contributed by atoms with E-state index in [9.17, 15) is 13.5 Å². The van der Waals surface area contributed by atoms with Crippen LogP contribution in [0, 0.1) is 0 Å². The highest BCUT2D eigenvalue weighted by Crippen LogP contribution is 2.19. The van der Waals surface area contributed by atoms with Gasteiger partial charge in [-0.05, 0) is 44.4 Å². The van der Waals surface area contributed by atoms with Crippen LogP contribution in [-0.2, 0) is 14.8 Å². The lowest BCUT2D eigenvalue weighted by Gasteiger charge is -2.20. The zero-order valence-electron chi connectivity index (χ0n) is 11.7. The molecular formula is C14H21NO4S. The molecule has 3 unspecified atom stereocenters. The molecule has 2 rings (SSSR count). The monoisotopic (exact) mass is 299 g/mol. The zero-order chi connectivity index (χ0) is 14.8. The van der Waals surface area contributed by atoms with E-state index in [1.54, 1.807) is 19.1 Å². The average molecular weight is 299 g/mol. The number of benzene rings is 1. The molecule has 0 radical (unpaired) electrons. The number of hydrogen-bond acceptors (Lipinski definition) is 4. The molecule has 112 valence electrons. The molecule has 6 heteroatoms. The van der Waals surface area contributed by atoms with Crippen molar-refractivity contribution in [3.63, 3.8) is 0 Å². The number of aliphatic hydroxyl groups is 1. The van der Waals surface area contributed by atoms with Gasteiger partial charge in [0.25, 0.3) is 0 Å². The van der Waals surface area contributed by atoms with Crippen molar-refractivity contribution in [1.29, 1.82) is 0 Å².